The van der Waals surface area contributed by atoms with Crippen LogP contribution in [0, 0.1) is 5.92 Å². The fourth-order valence-corrected chi connectivity index (χ4v) is 3.32. The number of hydrogen-bond acceptors (Lipinski definition) is 5. The summed E-state index contributed by atoms with van der Waals surface area (Å²) < 4.78 is 28.8. The molecule has 0 aromatic heterocycles. The van der Waals surface area contributed by atoms with E-state index in [4.69, 9.17) is 10.9 Å². The molecule has 5 N–H and O–H groups in total. The van der Waals surface area contributed by atoms with Gasteiger partial charge in [0.25, 0.3) is 10.2 Å². The van der Waals surface area contributed by atoms with Crippen LogP contribution in [-0.2, 0) is 10.2 Å². The first-order valence-electron chi connectivity index (χ1n) is 6.78. The molecule has 0 saturated carbocycles. The first-order valence-corrected chi connectivity index (χ1v) is 8.26. The average molecular weight is 307 g/mol. The molecule has 0 bridgehead atoms. The highest BCUT2D eigenvalue weighted by Crippen LogP contribution is 2.10. The third-order valence-electron chi connectivity index (χ3n) is 3.11. The van der Waals surface area contributed by atoms with Crippen LogP contribution in [0.4, 0.5) is 0 Å². The van der Waals surface area contributed by atoms with Crippen LogP contribution in [0.1, 0.15) is 26.7 Å². The zero-order valence-corrected chi connectivity index (χ0v) is 12.9. The van der Waals surface area contributed by atoms with Crippen LogP contribution in [-0.4, -0.2) is 56.6 Å². The summed E-state index contributed by atoms with van der Waals surface area (Å²) in [6.07, 6.45) is 1.42. The summed E-state index contributed by atoms with van der Waals surface area (Å²) in [5.74, 6) is 0.441. The number of rotatable bonds is 7. The molecule has 0 radical (unpaired) electrons. The smallest absolute Gasteiger partial charge is 0.277 e. The van der Waals surface area contributed by atoms with Crippen molar-refractivity contribution >= 4 is 16.0 Å². The zero-order chi connectivity index (χ0) is 15.2. The first kappa shape index (κ1) is 17.2. The fraction of sp³-hybridized carbons (Fsp3) is 0.909. The highest BCUT2D eigenvalue weighted by Gasteiger charge is 2.23. The minimum atomic E-state index is -3.43. The van der Waals surface area contributed by atoms with Crippen molar-refractivity contribution in [3.63, 3.8) is 0 Å². The molecule has 0 aliphatic carbocycles. The number of oxime groups is 1. The molecule has 0 atom stereocenters. The molecule has 1 rings (SSSR count). The van der Waals surface area contributed by atoms with Gasteiger partial charge in [-0.05, 0) is 18.8 Å². The minimum Gasteiger partial charge on any atom is -0.409 e. The van der Waals surface area contributed by atoms with Gasteiger partial charge >= 0.3 is 0 Å². The van der Waals surface area contributed by atoms with Gasteiger partial charge in [0, 0.05) is 25.7 Å². The van der Waals surface area contributed by atoms with Gasteiger partial charge in [0.2, 0.25) is 0 Å². The van der Waals surface area contributed by atoms with E-state index in [0.717, 1.165) is 0 Å². The Morgan fingerprint density at radius 2 is 2.05 bits per heavy atom. The second-order valence-corrected chi connectivity index (χ2v) is 7.04. The summed E-state index contributed by atoms with van der Waals surface area (Å²) in [4.78, 5) is 2.03. The highest BCUT2D eigenvalue weighted by molar-refractivity contribution is 7.87. The van der Waals surface area contributed by atoms with Crippen molar-refractivity contribution in [1.29, 1.82) is 0 Å². The van der Waals surface area contributed by atoms with Crippen LogP contribution in [0.5, 0.6) is 0 Å². The van der Waals surface area contributed by atoms with Gasteiger partial charge in [0.05, 0.1) is 6.54 Å². The van der Waals surface area contributed by atoms with E-state index in [1.807, 2.05) is 18.7 Å². The van der Waals surface area contributed by atoms with Gasteiger partial charge in [-0.15, -0.1) is 0 Å². The standard InChI is InChI=1S/C11H25N5O3S/c1-9(2)7-13-20(18,19)15-10-3-5-16(6-4-10)8-11(12)14-17/h9-10,13,15,17H,3-8H2,1-2H3,(H2,12,14). The van der Waals surface area contributed by atoms with E-state index in [-0.39, 0.29) is 17.8 Å². The van der Waals surface area contributed by atoms with Gasteiger partial charge in [-0.1, -0.05) is 19.0 Å². The van der Waals surface area contributed by atoms with Crippen LogP contribution < -0.4 is 15.2 Å². The van der Waals surface area contributed by atoms with Gasteiger partial charge in [-0.25, -0.2) is 4.72 Å². The molecule has 1 saturated heterocycles. The number of piperidine rings is 1. The number of likely N-dealkylation sites (tertiary alicyclic amines) is 1. The average Bonchev–Trinajstić information content (AvgIpc) is 2.38. The summed E-state index contributed by atoms with van der Waals surface area (Å²) in [6, 6.07) is -0.0665. The molecule has 0 amide bonds. The van der Waals surface area contributed by atoms with Gasteiger partial charge in [-0.2, -0.15) is 13.1 Å². The predicted octanol–water partition coefficient (Wildman–Crippen LogP) is -0.723. The molecule has 118 valence electrons. The molecule has 9 heteroatoms. The second kappa shape index (κ2) is 7.77. The molecular formula is C11H25N5O3S. The molecule has 1 heterocycles. The Kier molecular flexibility index (Phi) is 6.66. The van der Waals surface area contributed by atoms with E-state index in [1.54, 1.807) is 0 Å². The van der Waals surface area contributed by atoms with E-state index in [9.17, 15) is 8.42 Å². The summed E-state index contributed by atoms with van der Waals surface area (Å²) in [7, 11) is -3.43. The lowest BCUT2D eigenvalue weighted by Gasteiger charge is -2.31. The third-order valence-corrected chi connectivity index (χ3v) is 4.30. The quantitative estimate of drug-likeness (QED) is 0.214. The summed E-state index contributed by atoms with van der Waals surface area (Å²) >= 11 is 0. The third kappa shape index (κ3) is 6.51. The maximum Gasteiger partial charge on any atom is 0.277 e. The lowest BCUT2D eigenvalue weighted by Crippen LogP contribution is -2.49. The van der Waals surface area contributed by atoms with Crippen LogP contribution >= 0.6 is 0 Å². The Bertz CT molecular complexity index is 416. The molecule has 1 aliphatic rings. The monoisotopic (exact) mass is 307 g/mol. The first-order chi connectivity index (χ1) is 9.32. The Balaban J connectivity index is 2.35. The summed E-state index contributed by atoms with van der Waals surface area (Å²) in [6.45, 7) is 6.17. The highest BCUT2D eigenvalue weighted by atomic mass is 32.2. The molecule has 0 spiro atoms. The van der Waals surface area contributed by atoms with Crippen molar-refractivity contribution in [3.8, 4) is 0 Å². The molecule has 1 fully saturated rings. The lowest BCUT2D eigenvalue weighted by atomic mass is 10.1. The molecule has 0 aromatic rings. The number of nitrogens with two attached hydrogens (primary N) is 1. The van der Waals surface area contributed by atoms with Crippen molar-refractivity contribution in [3.05, 3.63) is 0 Å². The number of nitrogens with zero attached hydrogens (tertiary/aromatic N) is 2. The van der Waals surface area contributed by atoms with Crippen LogP contribution in [0.2, 0.25) is 0 Å². The maximum atomic E-state index is 11.8. The fourth-order valence-electron chi connectivity index (χ4n) is 2.01. The lowest BCUT2D eigenvalue weighted by molar-refractivity contribution is 0.228. The Morgan fingerprint density at radius 3 is 2.55 bits per heavy atom. The van der Waals surface area contributed by atoms with Crippen LogP contribution in [0.25, 0.3) is 0 Å². The van der Waals surface area contributed by atoms with Gasteiger partial charge in [-0.3, -0.25) is 4.90 Å². The maximum absolute atomic E-state index is 11.8. The van der Waals surface area contributed by atoms with E-state index in [2.05, 4.69) is 14.6 Å². The van der Waals surface area contributed by atoms with Gasteiger partial charge in [0.15, 0.2) is 5.84 Å². The molecule has 8 nitrogen and oxygen atoms in total. The van der Waals surface area contributed by atoms with Gasteiger partial charge in [0.1, 0.15) is 0 Å². The van der Waals surface area contributed by atoms with Crippen LogP contribution in [0.15, 0.2) is 5.16 Å². The van der Waals surface area contributed by atoms with E-state index in [0.29, 0.717) is 39.0 Å². The van der Waals surface area contributed by atoms with Crippen molar-refractivity contribution < 1.29 is 13.6 Å². The normalized spacial score (nSPS) is 19.6. The number of nitrogens with one attached hydrogen (secondary N) is 2. The van der Waals surface area contributed by atoms with Crippen molar-refractivity contribution in [2.75, 3.05) is 26.2 Å². The topological polar surface area (TPSA) is 120 Å². The minimum absolute atomic E-state index is 0.0665. The van der Waals surface area contributed by atoms with Gasteiger partial charge < -0.3 is 10.9 Å². The SMILES string of the molecule is CC(C)CNS(=O)(=O)NC1CCN(CC(N)=NO)CC1. The second-order valence-electron chi connectivity index (χ2n) is 5.51. The Morgan fingerprint density at radius 1 is 1.45 bits per heavy atom. The summed E-state index contributed by atoms with van der Waals surface area (Å²) in [5, 5.41) is 11.4. The Labute approximate surface area is 120 Å². The van der Waals surface area contributed by atoms with Crippen molar-refractivity contribution in [1.82, 2.24) is 14.3 Å². The molecule has 0 aromatic carbocycles. The van der Waals surface area contributed by atoms with E-state index < -0.39 is 10.2 Å². The largest absolute Gasteiger partial charge is 0.409 e. The van der Waals surface area contributed by atoms with Crippen molar-refractivity contribution in [2.45, 2.75) is 32.7 Å². The molecule has 1 aliphatic heterocycles. The summed E-state index contributed by atoms with van der Waals surface area (Å²) in [5.41, 5.74) is 5.44. The predicted molar refractivity (Wildman–Crippen MR) is 77.8 cm³/mol. The van der Waals surface area contributed by atoms with Crippen molar-refractivity contribution in [2.24, 2.45) is 16.8 Å². The van der Waals surface area contributed by atoms with E-state index in [1.165, 1.54) is 0 Å². The molecule has 0 unspecified atom stereocenters. The van der Waals surface area contributed by atoms with Crippen LogP contribution in [0.3, 0.4) is 0 Å². The molecular weight excluding hydrogens is 282 g/mol. The molecule has 20 heavy (non-hydrogen) atoms. The number of hydrogen-bond donors (Lipinski definition) is 4. The Hall–Kier alpha value is -0.900. The number of amidine groups is 1. The zero-order valence-electron chi connectivity index (χ0n) is 12.0. The van der Waals surface area contributed by atoms with E-state index >= 15 is 0 Å².